The van der Waals surface area contributed by atoms with Crippen LogP contribution in [0.1, 0.15) is 11.1 Å². The molecule has 0 atom stereocenters. The van der Waals surface area contributed by atoms with Crippen LogP contribution < -0.4 is 10.1 Å². The minimum absolute atomic E-state index is 0.111. The molecular weight excluding hydrogens is 325 g/mol. The van der Waals surface area contributed by atoms with Gasteiger partial charge >= 0.3 is 0 Å². The second-order valence-electron chi connectivity index (χ2n) is 5.40. The van der Waals surface area contributed by atoms with Crippen LogP contribution in [0.2, 0.25) is 5.02 Å². The highest BCUT2D eigenvalue weighted by Crippen LogP contribution is 2.21. The molecule has 0 aliphatic heterocycles. The summed E-state index contributed by atoms with van der Waals surface area (Å²) in [5.41, 5.74) is 2.97. The highest BCUT2D eigenvalue weighted by atomic mass is 35.5. The summed E-state index contributed by atoms with van der Waals surface area (Å²) < 4.78 is 19.0. The molecule has 0 aliphatic carbocycles. The van der Waals surface area contributed by atoms with Crippen LogP contribution in [0.25, 0.3) is 0 Å². The van der Waals surface area contributed by atoms with Crippen molar-refractivity contribution in [2.45, 2.75) is 13.2 Å². The minimum atomic E-state index is -0.418. The summed E-state index contributed by atoms with van der Waals surface area (Å²) in [6.07, 6.45) is 0. The molecule has 0 heterocycles. The van der Waals surface area contributed by atoms with E-state index in [9.17, 15) is 4.39 Å². The summed E-state index contributed by atoms with van der Waals surface area (Å²) >= 11 is 5.79. The van der Waals surface area contributed by atoms with E-state index in [0.717, 1.165) is 22.6 Å². The van der Waals surface area contributed by atoms with Crippen LogP contribution in [0.15, 0.2) is 72.8 Å². The molecule has 0 fully saturated rings. The molecule has 0 radical (unpaired) electrons. The Bertz CT molecular complexity index is 808. The van der Waals surface area contributed by atoms with Crippen molar-refractivity contribution >= 4 is 17.3 Å². The Kier molecular flexibility index (Phi) is 5.34. The van der Waals surface area contributed by atoms with Gasteiger partial charge in [0.1, 0.15) is 18.2 Å². The van der Waals surface area contributed by atoms with Gasteiger partial charge in [-0.3, -0.25) is 0 Å². The molecule has 0 aromatic heterocycles. The van der Waals surface area contributed by atoms with Gasteiger partial charge in [-0.25, -0.2) is 4.39 Å². The molecule has 2 nitrogen and oxygen atoms in total. The lowest BCUT2D eigenvalue weighted by molar-refractivity contribution is 0.306. The number of nitrogens with one attached hydrogen (secondary N) is 1. The van der Waals surface area contributed by atoms with E-state index in [1.165, 1.54) is 6.07 Å². The summed E-state index contributed by atoms with van der Waals surface area (Å²) in [5.74, 6) is 0.397. The largest absolute Gasteiger partial charge is 0.489 e. The highest BCUT2D eigenvalue weighted by molar-refractivity contribution is 6.31. The molecule has 0 saturated heterocycles. The van der Waals surface area contributed by atoms with E-state index < -0.39 is 5.82 Å². The number of benzene rings is 3. The zero-order chi connectivity index (χ0) is 16.8. The fourth-order valence-electron chi connectivity index (χ4n) is 2.30. The first-order chi connectivity index (χ1) is 11.7. The number of ether oxygens (including phenoxy) is 1. The second-order valence-corrected chi connectivity index (χ2v) is 5.81. The first-order valence-electron chi connectivity index (χ1n) is 7.65. The predicted molar refractivity (Wildman–Crippen MR) is 96.0 cm³/mol. The van der Waals surface area contributed by atoms with E-state index in [0.29, 0.717) is 13.2 Å². The third-order valence-corrected chi connectivity index (χ3v) is 3.85. The maximum absolute atomic E-state index is 13.2. The molecule has 0 unspecified atom stereocenters. The van der Waals surface area contributed by atoms with Crippen molar-refractivity contribution in [3.63, 3.8) is 0 Å². The van der Waals surface area contributed by atoms with Gasteiger partial charge in [-0.05, 0) is 41.5 Å². The lowest BCUT2D eigenvalue weighted by Crippen LogP contribution is -2.01. The average Bonchev–Trinajstić information content (AvgIpc) is 2.62. The molecule has 3 rings (SSSR count). The van der Waals surface area contributed by atoms with Crippen molar-refractivity contribution in [3.8, 4) is 5.75 Å². The van der Waals surface area contributed by atoms with Crippen molar-refractivity contribution in [2.75, 3.05) is 5.32 Å². The van der Waals surface area contributed by atoms with E-state index in [1.54, 1.807) is 12.1 Å². The molecule has 3 aromatic rings. The standard InChI is InChI=1S/C20H17ClFNO/c21-19-12-17(9-10-20(19)22)23-13-16-7-4-8-18(11-16)24-14-15-5-2-1-3-6-15/h1-12,23H,13-14H2. The molecule has 0 bridgehead atoms. The van der Waals surface area contributed by atoms with Gasteiger partial charge < -0.3 is 10.1 Å². The summed E-state index contributed by atoms with van der Waals surface area (Å²) in [5, 5.41) is 3.33. The number of hydrogen-bond acceptors (Lipinski definition) is 2. The summed E-state index contributed by atoms with van der Waals surface area (Å²) in [4.78, 5) is 0. The lowest BCUT2D eigenvalue weighted by atomic mass is 10.2. The maximum atomic E-state index is 13.2. The molecule has 0 saturated carbocycles. The molecule has 122 valence electrons. The van der Waals surface area contributed by atoms with Crippen LogP contribution >= 0.6 is 11.6 Å². The van der Waals surface area contributed by atoms with Crippen molar-refractivity contribution in [2.24, 2.45) is 0 Å². The molecule has 3 aromatic carbocycles. The fourth-order valence-corrected chi connectivity index (χ4v) is 2.48. The van der Waals surface area contributed by atoms with E-state index >= 15 is 0 Å². The Balaban J connectivity index is 1.59. The van der Waals surface area contributed by atoms with E-state index in [-0.39, 0.29) is 5.02 Å². The van der Waals surface area contributed by atoms with Crippen molar-refractivity contribution < 1.29 is 9.13 Å². The summed E-state index contributed by atoms with van der Waals surface area (Å²) in [6.45, 7) is 1.13. The predicted octanol–water partition coefficient (Wildman–Crippen LogP) is 5.67. The van der Waals surface area contributed by atoms with Gasteiger partial charge in [0.15, 0.2) is 0 Å². The molecule has 0 spiro atoms. The summed E-state index contributed by atoms with van der Waals surface area (Å²) in [6, 6.07) is 22.5. The Morgan fingerprint density at radius 3 is 2.46 bits per heavy atom. The van der Waals surface area contributed by atoms with Gasteiger partial charge in [-0.2, -0.15) is 0 Å². The first-order valence-corrected chi connectivity index (χ1v) is 8.03. The highest BCUT2D eigenvalue weighted by Gasteiger charge is 2.02. The van der Waals surface area contributed by atoms with Crippen LogP contribution in [-0.4, -0.2) is 0 Å². The van der Waals surface area contributed by atoms with Crippen LogP contribution in [0, 0.1) is 5.82 Å². The van der Waals surface area contributed by atoms with Crippen LogP contribution in [0.4, 0.5) is 10.1 Å². The quantitative estimate of drug-likeness (QED) is 0.623. The van der Waals surface area contributed by atoms with Crippen molar-refractivity contribution in [3.05, 3.63) is 94.8 Å². The van der Waals surface area contributed by atoms with Crippen LogP contribution in [-0.2, 0) is 13.2 Å². The molecule has 0 amide bonds. The smallest absolute Gasteiger partial charge is 0.141 e. The van der Waals surface area contributed by atoms with Gasteiger partial charge in [0.2, 0.25) is 0 Å². The maximum Gasteiger partial charge on any atom is 0.141 e. The number of hydrogen-bond donors (Lipinski definition) is 1. The van der Waals surface area contributed by atoms with Gasteiger partial charge in [0, 0.05) is 12.2 Å². The molecule has 4 heteroatoms. The number of halogens is 2. The van der Waals surface area contributed by atoms with E-state index in [1.807, 2.05) is 54.6 Å². The first kappa shape index (κ1) is 16.3. The SMILES string of the molecule is Fc1ccc(NCc2cccc(OCc3ccccc3)c2)cc1Cl. The zero-order valence-corrected chi connectivity index (χ0v) is 13.8. The Morgan fingerprint density at radius 2 is 1.67 bits per heavy atom. The van der Waals surface area contributed by atoms with Gasteiger partial charge in [0.25, 0.3) is 0 Å². The Morgan fingerprint density at radius 1 is 0.875 bits per heavy atom. The molecule has 1 N–H and O–H groups in total. The average molecular weight is 342 g/mol. The number of anilines is 1. The third kappa shape index (κ3) is 4.49. The topological polar surface area (TPSA) is 21.3 Å². The normalized spacial score (nSPS) is 10.4. The van der Waals surface area contributed by atoms with Gasteiger partial charge in [0.05, 0.1) is 5.02 Å². The molecule has 24 heavy (non-hydrogen) atoms. The summed E-state index contributed by atoms with van der Waals surface area (Å²) in [7, 11) is 0. The van der Waals surface area contributed by atoms with Gasteiger partial charge in [-0.1, -0.05) is 54.1 Å². The lowest BCUT2D eigenvalue weighted by Gasteiger charge is -2.10. The molecular formula is C20H17ClFNO. The molecule has 0 aliphatic rings. The monoisotopic (exact) mass is 341 g/mol. The van der Waals surface area contributed by atoms with Crippen LogP contribution in [0.5, 0.6) is 5.75 Å². The third-order valence-electron chi connectivity index (χ3n) is 3.56. The van der Waals surface area contributed by atoms with Gasteiger partial charge in [-0.15, -0.1) is 0 Å². The number of rotatable bonds is 6. The van der Waals surface area contributed by atoms with E-state index in [4.69, 9.17) is 16.3 Å². The Hall–Kier alpha value is -2.52. The van der Waals surface area contributed by atoms with E-state index in [2.05, 4.69) is 5.32 Å². The second kappa shape index (κ2) is 7.84. The Labute approximate surface area is 145 Å². The fraction of sp³-hybridized carbons (Fsp3) is 0.100. The zero-order valence-electron chi connectivity index (χ0n) is 13.0. The minimum Gasteiger partial charge on any atom is -0.489 e. The van der Waals surface area contributed by atoms with Crippen molar-refractivity contribution in [1.29, 1.82) is 0 Å². The van der Waals surface area contributed by atoms with Crippen molar-refractivity contribution in [1.82, 2.24) is 0 Å². The van der Waals surface area contributed by atoms with Crippen LogP contribution in [0.3, 0.4) is 0 Å².